The van der Waals surface area contributed by atoms with Crippen molar-refractivity contribution >= 4 is 11.6 Å². The summed E-state index contributed by atoms with van der Waals surface area (Å²) in [7, 11) is 0. The van der Waals surface area contributed by atoms with E-state index in [1.807, 2.05) is 6.92 Å². The van der Waals surface area contributed by atoms with Crippen LogP contribution in [0, 0.1) is 11.7 Å². The summed E-state index contributed by atoms with van der Waals surface area (Å²) in [6.07, 6.45) is 2.80. The summed E-state index contributed by atoms with van der Waals surface area (Å²) in [6.45, 7) is 4.60. The molecule has 0 saturated heterocycles. The van der Waals surface area contributed by atoms with Crippen molar-refractivity contribution in [3.63, 3.8) is 0 Å². The molecule has 1 saturated carbocycles. The third-order valence-electron chi connectivity index (χ3n) is 4.17. The van der Waals surface area contributed by atoms with Gasteiger partial charge in [-0.15, -0.1) is 0 Å². The smallest absolute Gasteiger partial charge is 0.123 e. The van der Waals surface area contributed by atoms with E-state index in [9.17, 15) is 9.50 Å². The summed E-state index contributed by atoms with van der Waals surface area (Å²) >= 11 is 6.13. The molecule has 0 aromatic heterocycles. The lowest BCUT2D eigenvalue weighted by Crippen LogP contribution is -2.43. The van der Waals surface area contributed by atoms with Gasteiger partial charge in [-0.2, -0.15) is 0 Å². The van der Waals surface area contributed by atoms with Gasteiger partial charge in [-0.05, 0) is 43.9 Å². The van der Waals surface area contributed by atoms with E-state index in [4.69, 9.17) is 16.3 Å². The van der Waals surface area contributed by atoms with Crippen molar-refractivity contribution < 1.29 is 14.2 Å². The highest BCUT2D eigenvalue weighted by molar-refractivity contribution is 6.31. The van der Waals surface area contributed by atoms with Crippen molar-refractivity contribution in [1.29, 1.82) is 0 Å². The second-order valence-electron chi connectivity index (χ2n) is 5.77. The SMILES string of the molecule is CCOC1(C(O)c2cc(F)ccc2Cl)CCCC(C)C1. The van der Waals surface area contributed by atoms with Gasteiger partial charge >= 0.3 is 0 Å². The minimum Gasteiger partial charge on any atom is -0.385 e. The molecule has 1 aliphatic rings. The van der Waals surface area contributed by atoms with Crippen molar-refractivity contribution in [2.75, 3.05) is 6.61 Å². The zero-order valence-electron chi connectivity index (χ0n) is 12.0. The molecule has 0 amide bonds. The maximum atomic E-state index is 13.5. The van der Waals surface area contributed by atoms with Crippen molar-refractivity contribution in [3.05, 3.63) is 34.6 Å². The first-order valence-electron chi connectivity index (χ1n) is 7.25. The normalized spacial score (nSPS) is 28.4. The minimum absolute atomic E-state index is 0.385. The molecular weight excluding hydrogens is 279 g/mol. The average Bonchev–Trinajstić information content (AvgIpc) is 2.41. The molecule has 0 radical (unpaired) electrons. The number of ether oxygens (including phenoxy) is 1. The molecule has 20 heavy (non-hydrogen) atoms. The van der Waals surface area contributed by atoms with E-state index in [1.54, 1.807) is 0 Å². The van der Waals surface area contributed by atoms with E-state index < -0.39 is 11.7 Å². The standard InChI is InChI=1S/C16H22ClFO2/c1-3-20-16(8-4-5-11(2)10-16)15(19)13-9-12(18)6-7-14(13)17/h6-7,9,11,15,19H,3-5,8,10H2,1-2H3. The quantitative estimate of drug-likeness (QED) is 0.887. The van der Waals surface area contributed by atoms with Crippen molar-refractivity contribution in [1.82, 2.24) is 0 Å². The van der Waals surface area contributed by atoms with E-state index in [1.165, 1.54) is 18.2 Å². The van der Waals surface area contributed by atoms with Crippen LogP contribution in [0.4, 0.5) is 4.39 Å². The van der Waals surface area contributed by atoms with Crippen LogP contribution in [0.25, 0.3) is 0 Å². The number of aliphatic hydroxyl groups excluding tert-OH is 1. The van der Waals surface area contributed by atoms with Crippen molar-refractivity contribution in [2.24, 2.45) is 5.92 Å². The lowest BCUT2D eigenvalue weighted by Gasteiger charge is -2.43. The van der Waals surface area contributed by atoms with E-state index in [-0.39, 0.29) is 5.82 Å². The maximum absolute atomic E-state index is 13.5. The first kappa shape index (κ1) is 15.7. The molecule has 0 aliphatic heterocycles. The van der Waals surface area contributed by atoms with Crippen molar-refractivity contribution in [2.45, 2.75) is 51.2 Å². The van der Waals surface area contributed by atoms with Crippen LogP contribution in [0.5, 0.6) is 0 Å². The minimum atomic E-state index is -0.895. The van der Waals surface area contributed by atoms with E-state index in [0.717, 1.165) is 25.7 Å². The number of aliphatic hydroxyl groups is 1. The average molecular weight is 301 g/mol. The van der Waals surface area contributed by atoms with Gasteiger partial charge in [0.15, 0.2) is 0 Å². The number of benzene rings is 1. The van der Waals surface area contributed by atoms with Crippen LogP contribution in [-0.2, 0) is 4.74 Å². The number of hydrogen-bond acceptors (Lipinski definition) is 2. The fourth-order valence-electron chi connectivity index (χ4n) is 3.30. The largest absolute Gasteiger partial charge is 0.385 e. The molecule has 0 bridgehead atoms. The van der Waals surface area contributed by atoms with Gasteiger partial charge in [0, 0.05) is 17.2 Å². The summed E-state index contributed by atoms with van der Waals surface area (Å²) in [4.78, 5) is 0. The van der Waals surface area contributed by atoms with Crippen LogP contribution in [0.15, 0.2) is 18.2 Å². The molecule has 1 aromatic rings. The molecule has 3 unspecified atom stereocenters. The van der Waals surface area contributed by atoms with Crippen LogP contribution >= 0.6 is 11.6 Å². The highest BCUT2D eigenvalue weighted by atomic mass is 35.5. The second kappa shape index (κ2) is 6.42. The third-order valence-corrected chi connectivity index (χ3v) is 4.52. The molecule has 3 atom stereocenters. The van der Waals surface area contributed by atoms with Crippen LogP contribution in [0.2, 0.25) is 5.02 Å². The van der Waals surface area contributed by atoms with Crippen LogP contribution in [-0.4, -0.2) is 17.3 Å². The first-order chi connectivity index (χ1) is 9.48. The fourth-order valence-corrected chi connectivity index (χ4v) is 3.52. The molecular formula is C16H22ClFO2. The predicted octanol–water partition coefficient (Wildman–Crippen LogP) is 4.50. The zero-order chi connectivity index (χ0) is 14.8. The Bertz CT molecular complexity index is 462. The summed E-state index contributed by atoms with van der Waals surface area (Å²) in [6, 6.07) is 4.10. The molecule has 0 heterocycles. The zero-order valence-corrected chi connectivity index (χ0v) is 12.8. The molecule has 1 aromatic carbocycles. The molecule has 1 N–H and O–H groups in total. The second-order valence-corrected chi connectivity index (χ2v) is 6.17. The number of halogens is 2. The van der Waals surface area contributed by atoms with E-state index in [0.29, 0.717) is 23.1 Å². The van der Waals surface area contributed by atoms with Gasteiger partial charge in [-0.25, -0.2) is 4.39 Å². The summed E-state index contributed by atoms with van der Waals surface area (Å²) in [5.74, 6) is 0.0937. The van der Waals surface area contributed by atoms with Crippen LogP contribution in [0.3, 0.4) is 0 Å². The Morgan fingerprint density at radius 1 is 1.55 bits per heavy atom. The Hall–Kier alpha value is -0.640. The third kappa shape index (κ3) is 3.16. The van der Waals surface area contributed by atoms with Gasteiger partial charge in [0.05, 0.1) is 5.60 Å². The molecule has 1 aliphatic carbocycles. The molecule has 112 valence electrons. The van der Waals surface area contributed by atoms with Gasteiger partial charge in [0.1, 0.15) is 11.9 Å². The van der Waals surface area contributed by atoms with Crippen LogP contribution < -0.4 is 0 Å². The fraction of sp³-hybridized carbons (Fsp3) is 0.625. The first-order valence-corrected chi connectivity index (χ1v) is 7.63. The van der Waals surface area contributed by atoms with Gasteiger partial charge in [0.25, 0.3) is 0 Å². The summed E-state index contributed by atoms with van der Waals surface area (Å²) in [5.41, 5.74) is -0.224. The Kier molecular flexibility index (Phi) is 5.05. The van der Waals surface area contributed by atoms with Gasteiger partial charge in [-0.1, -0.05) is 31.4 Å². The van der Waals surface area contributed by atoms with Crippen LogP contribution in [0.1, 0.15) is 51.2 Å². The summed E-state index contributed by atoms with van der Waals surface area (Å²) in [5, 5.41) is 11.2. The summed E-state index contributed by atoms with van der Waals surface area (Å²) < 4.78 is 19.4. The molecule has 2 rings (SSSR count). The monoisotopic (exact) mass is 300 g/mol. The van der Waals surface area contributed by atoms with Gasteiger partial charge in [0.2, 0.25) is 0 Å². The lowest BCUT2D eigenvalue weighted by atomic mass is 9.74. The predicted molar refractivity (Wildman–Crippen MR) is 78.4 cm³/mol. The topological polar surface area (TPSA) is 29.5 Å². The van der Waals surface area contributed by atoms with E-state index >= 15 is 0 Å². The van der Waals surface area contributed by atoms with Gasteiger partial charge in [-0.3, -0.25) is 0 Å². The lowest BCUT2D eigenvalue weighted by molar-refractivity contribution is -0.150. The Morgan fingerprint density at radius 2 is 2.30 bits per heavy atom. The Morgan fingerprint density at radius 3 is 2.95 bits per heavy atom. The van der Waals surface area contributed by atoms with Crippen molar-refractivity contribution in [3.8, 4) is 0 Å². The number of rotatable bonds is 4. The molecule has 4 heteroatoms. The Balaban J connectivity index is 2.35. The van der Waals surface area contributed by atoms with E-state index in [2.05, 4.69) is 6.92 Å². The highest BCUT2D eigenvalue weighted by Gasteiger charge is 2.43. The maximum Gasteiger partial charge on any atom is 0.123 e. The molecule has 1 fully saturated rings. The number of hydrogen-bond donors (Lipinski definition) is 1. The molecule has 2 nitrogen and oxygen atoms in total. The van der Waals surface area contributed by atoms with Gasteiger partial charge < -0.3 is 9.84 Å². The molecule has 0 spiro atoms. The highest BCUT2D eigenvalue weighted by Crippen LogP contribution is 2.45. The Labute approximate surface area is 124 Å².